The number of piperidine rings is 1. The van der Waals surface area contributed by atoms with Crippen LogP contribution in [0.5, 0.6) is 0 Å². The molecule has 0 aromatic rings. The minimum Gasteiger partial charge on any atom is -0.465 e. The van der Waals surface area contributed by atoms with Crippen LogP contribution in [-0.4, -0.2) is 62.4 Å². The van der Waals surface area contributed by atoms with Gasteiger partial charge < -0.3 is 19.7 Å². The highest BCUT2D eigenvalue weighted by atomic mass is 16.5. The maximum absolute atomic E-state index is 12.0. The lowest BCUT2D eigenvalue weighted by Gasteiger charge is -2.35. The Kier molecular flexibility index (Phi) is 8.22. The lowest BCUT2D eigenvalue weighted by molar-refractivity contribution is -0.150. The van der Waals surface area contributed by atoms with Crippen LogP contribution in [0.1, 0.15) is 46.5 Å². The van der Waals surface area contributed by atoms with Gasteiger partial charge in [0, 0.05) is 19.7 Å². The van der Waals surface area contributed by atoms with Crippen LogP contribution in [0, 0.1) is 0 Å². The molecule has 21 heavy (non-hydrogen) atoms. The SMILES string of the molecule is CCCOC1CCCN(CCC(C)(NC)C(=O)OCC)C1. The Bertz CT molecular complexity index is 312. The zero-order chi connectivity index (χ0) is 15.7. The predicted molar refractivity (Wildman–Crippen MR) is 84.4 cm³/mol. The first kappa shape index (κ1) is 18.4. The largest absolute Gasteiger partial charge is 0.465 e. The van der Waals surface area contributed by atoms with E-state index in [4.69, 9.17) is 9.47 Å². The number of nitrogens with one attached hydrogen (secondary N) is 1. The molecule has 1 aliphatic heterocycles. The molecule has 0 bridgehead atoms. The molecule has 1 saturated heterocycles. The molecule has 124 valence electrons. The second kappa shape index (κ2) is 9.38. The van der Waals surface area contributed by atoms with E-state index in [-0.39, 0.29) is 5.97 Å². The average Bonchev–Trinajstić information content (AvgIpc) is 2.51. The van der Waals surface area contributed by atoms with E-state index >= 15 is 0 Å². The van der Waals surface area contributed by atoms with Gasteiger partial charge in [0.1, 0.15) is 5.54 Å². The van der Waals surface area contributed by atoms with Gasteiger partial charge in [-0.3, -0.25) is 4.79 Å². The quantitative estimate of drug-likeness (QED) is 0.658. The molecule has 0 radical (unpaired) electrons. The molecule has 0 spiro atoms. The van der Waals surface area contributed by atoms with Crippen LogP contribution in [0.15, 0.2) is 0 Å². The van der Waals surface area contributed by atoms with Gasteiger partial charge in [-0.2, -0.15) is 0 Å². The van der Waals surface area contributed by atoms with E-state index in [1.165, 1.54) is 6.42 Å². The molecule has 1 fully saturated rings. The fourth-order valence-electron chi connectivity index (χ4n) is 2.64. The van der Waals surface area contributed by atoms with Gasteiger partial charge in [-0.25, -0.2) is 0 Å². The van der Waals surface area contributed by atoms with E-state index in [0.717, 1.165) is 45.5 Å². The summed E-state index contributed by atoms with van der Waals surface area (Å²) in [6.45, 7) is 10.1. The van der Waals surface area contributed by atoms with E-state index in [9.17, 15) is 4.79 Å². The standard InChI is InChI=1S/C16H32N2O3/c1-5-12-21-14-8-7-10-18(13-14)11-9-16(3,17-4)15(19)20-6-2/h14,17H,5-13H2,1-4H3. The molecular weight excluding hydrogens is 268 g/mol. The summed E-state index contributed by atoms with van der Waals surface area (Å²) in [6.07, 6.45) is 4.49. The summed E-state index contributed by atoms with van der Waals surface area (Å²) in [4.78, 5) is 14.4. The minimum absolute atomic E-state index is 0.164. The number of likely N-dealkylation sites (tertiary alicyclic amines) is 1. The Hall–Kier alpha value is -0.650. The summed E-state index contributed by atoms with van der Waals surface area (Å²) < 4.78 is 11.0. The van der Waals surface area contributed by atoms with Gasteiger partial charge >= 0.3 is 5.97 Å². The fourth-order valence-corrected chi connectivity index (χ4v) is 2.64. The van der Waals surface area contributed by atoms with Crippen LogP contribution in [0.25, 0.3) is 0 Å². The van der Waals surface area contributed by atoms with Crippen molar-refractivity contribution in [2.45, 2.75) is 58.1 Å². The molecule has 2 atom stereocenters. The molecule has 1 heterocycles. The van der Waals surface area contributed by atoms with Gasteiger partial charge in [-0.1, -0.05) is 6.92 Å². The zero-order valence-electron chi connectivity index (χ0n) is 14.1. The van der Waals surface area contributed by atoms with Crippen molar-refractivity contribution in [1.82, 2.24) is 10.2 Å². The molecule has 5 nitrogen and oxygen atoms in total. The van der Waals surface area contributed by atoms with Crippen molar-refractivity contribution in [3.63, 3.8) is 0 Å². The third-order valence-corrected chi connectivity index (χ3v) is 4.23. The number of rotatable bonds is 9. The number of ether oxygens (including phenoxy) is 2. The molecule has 0 aromatic carbocycles. The monoisotopic (exact) mass is 300 g/mol. The summed E-state index contributed by atoms with van der Waals surface area (Å²) in [7, 11) is 1.82. The van der Waals surface area contributed by atoms with Crippen LogP contribution in [0.3, 0.4) is 0 Å². The van der Waals surface area contributed by atoms with Gasteiger partial charge in [-0.15, -0.1) is 0 Å². The molecule has 1 rings (SSSR count). The minimum atomic E-state index is -0.604. The Labute approximate surface area is 129 Å². The van der Waals surface area contributed by atoms with Crippen LogP contribution in [0.4, 0.5) is 0 Å². The predicted octanol–water partition coefficient (Wildman–Crippen LogP) is 1.81. The third kappa shape index (κ3) is 5.93. The summed E-state index contributed by atoms with van der Waals surface area (Å²) in [6, 6.07) is 0. The van der Waals surface area contributed by atoms with E-state index in [0.29, 0.717) is 12.7 Å². The Balaban J connectivity index is 2.43. The van der Waals surface area contributed by atoms with Crippen LogP contribution < -0.4 is 5.32 Å². The maximum atomic E-state index is 12.0. The zero-order valence-corrected chi connectivity index (χ0v) is 14.1. The van der Waals surface area contributed by atoms with Crippen molar-refractivity contribution in [2.75, 3.05) is 39.9 Å². The summed E-state index contributed by atoms with van der Waals surface area (Å²) in [5, 5.41) is 3.12. The van der Waals surface area contributed by atoms with Crippen LogP contribution >= 0.6 is 0 Å². The van der Waals surface area contributed by atoms with Gasteiger partial charge in [0.25, 0.3) is 0 Å². The van der Waals surface area contributed by atoms with E-state index in [1.807, 2.05) is 20.9 Å². The molecular formula is C16H32N2O3. The molecule has 5 heteroatoms. The second-order valence-electron chi connectivity index (χ2n) is 5.99. The topological polar surface area (TPSA) is 50.8 Å². The van der Waals surface area contributed by atoms with E-state index < -0.39 is 5.54 Å². The first-order valence-electron chi connectivity index (χ1n) is 8.25. The molecule has 1 aliphatic rings. The summed E-state index contributed by atoms with van der Waals surface area (Å²) in [5.74, 6) is -0.164. The molecule has 0 amide bonds. The number of hydrogen-bond acceptors (Lipinski definition) is 5. The molecule has 2 unspecified atom stereocenters. The first-order valence-corrected chi connectivity index (χ1v) is 8.25. The third-order valence-electron chi connectivity index (χ3n) is 4.23. The molecule has 0 saturated carbocycles. The van der Waals surface area contributed by atoms with Gasteiger partial charge in [-0.05, 0) is 53.1 Å². The molecule has 0 aliphatic carbocycles. The second-order valence-corrected chi connectivity index (χ2v) is 5.99. The van der Waals surface area contributed by atoms with Crippen molar-refractivity contribution in [3.8, 4) is 0 Å². The number of carbonyl (C=O) groups is 1. The molecule has 0 aromatic heterocycles. The van der Waals surface area contributed by atoms with Crippen molar-refractivity contribution < 1.29 is 14.3 Å². The number of carbonyl (C=O) groups excluding carboxylic acids is 1. The fraction of sp³-hybridized carbons (Fsp3) is 0.938. The lowest BCUT2D eigenvalue weighted by atomic mass is 9.97. The number of hydrogen-bond donors (Lipinski definition) is 1. The van der Waals surface area contributed by atoms with E-state index in [1.54, 1.807) is 0 Å². The normalized spacial score (nSPS) is 22.8. The smallest absolute Gasteiger partial charge is 0.326 e. The highest BCUT2D eigenvalue weighted by Crippen LogP contribution is 2.17. The Morgan fingerprint density at radius 3 is 2.81 bits per heavy atom. The van der Waals surface area contributed by atoms with Crippen molar-refractivity contribution in [1.29, 1.82) is 0 Å². The summed E-state index contributed by atoms with van der Waals surface area (Å²) >= 11 is 0. The van der Waals surface area contributed by atoms with Crippen molar-refractivity contribution in [3.05, 3.63) is 0 Å². The van der Waals surface area contributed by atoms with Crippen molar-refractivity contribution in [2.24, 2.45) is 0 Å². The Morgan fingerprint density at radius 2 is 2.19 bits per heavy atom. The van der Waals surface area contributed by atoms with Crippen LogP contribution in [-0.2, 0) is 14.3 Å². The van der Waals surface area contributed by atoms with Gasteiger partial charge in [0.2, 0.25) is 0 Å². The highest BCUT2D eigenvalue weighted by Gasteiger charge is 2.33. The lowest BCUT2D eigenvalue weighted by Crippen LogP contribution is -2.51. The van der Waals surface area contributed by atoms with Crippen LogP contribution in [0.2, 0.25) is 0 Å². The number of nitrogens with zero attached hydrogens (tertiary/aromatic N) is 1. The van der Waals surface area contributed by atoms with Gasteiger partial charge in [0.05, 0.1) is 12.7 Å². The number of likely N-dealkylation sites (N-methyl/N-ethyl adjacent to an activating group) is 1. The molecule has 1 N–H and O–H groups in total. The van der Waals surface area contributed by atoms with E-state index in [2.05, 4.69) is 17.1 Å². The van der Waals surface area contributed by atoms with Gasteiger partial charge in [0.15, 0.2) is 0 Å². The van der Waals surface area contributed by atoms with Crippen molar-refractivity contribution >= 4 is 5.97 Å². The Morgan fingerprint density at radius 1 is 1.43 bits per heavy atom. The maximum Gasteiger partial charge on any atom is 0.326 e. The first-order chi connectivity index (χ1) is 10.1. The average molecular weight is 300 g/mol. The number of esters is 1. The highest BCUT2D eigenvalue weighted by molar-refractivity contribution is 5.80. The summed E-state index contributed by atoms with van der Waals surface area (Å²) in [5.41, 5.74) is -0.604.